The number of amides is 1. The van der Waals surface area contributed by atoms with Gasteiger partial charge in [0.15, 0.2) is 11.0 Å². The molecule has 152 valence electrons. The number of aromatic nitrogens is 3. The number of rotatable bonds is 7. The van der Waals surface area contributed by atoms with Gasteiger partial charge in [0.1, 0.15) is 4.75 Å². The van der Waals surface area contributed by atoms with Crippen LogP contribution in [0.3, 0.4) is 0 Å². The fourth-order valence-electron chi connectivity index (χ4n) is 3.32. The van der Waals surface area contributed by atoms with Gasteiger partial charge in [0, 0.05) is 12.2 Å². The topological polar surface area (TPSA) is 59.8 Å². The van der Waals surface area contributed by atoms with Crippen LogP contribution in [-0.2, 0) is 11.3 Å². The number of aryl methyl sites for hydroxylation is 1. The number of nitrogens with zero attached hydrogens (tertiary/aromatic N) is 3. The Bertz CT molecular complexity index is 1020. The van der Waals surface area contributed by atoms with Crippen molar-refractivity contribution in [3.05, 3.63) is 46.8 Å². The molecule has 0 bridgehead atoms. The number of benzene rings is 1. The molecule has 7 heteroatoms. The number of nitrogens with one attached hydrogen (secondary N) is 1. The fraction of sp³-hybridized carbons (Fsp3) is 0.409. The van der Waals surface area contributed by atoms with E-state index in [-0.39, 0.29) is 5.91 Å². The highest BCUT2D eigenvalue weighted by atomic mass is 32.2. The smallest absolute Gasteiger partial charge is 0.241 e. The Hall–Kier alpha value is -2.12. The lowest BCUT2D eigenvalue weighted by Gasteiger charge is -2.17. The van der Waals surface area contributed by atoms with Gasteiger partial charge in [-0.3, -0.25) is 4.79 Å². The summed E-state index contributed by atoms with van der Waals surface area (Å²) in [6.07, 6.45) is 1.72. The molecule has 2 aromatic heterocycles. The van der Waals surface area contributed by atoms with E-state index >= 15 is 0 Å². The van der Waals surface area contributed by atoms with Gasteiger partial charge < -0.3 is 9.88 Å². The molecule has 29 heavy (non-hydrogen) atoms. The quantitative estimate of drug-likeness (QED) is 0.525. The fourth-order valence-corrected chi connectivity index (χ4v) is 5.25. The van der Waals surface area contributed by atoms with Crippen molar-refractivity contribution < 1.29 is 4.79 Å². The predicted molar refractivity (Wildman–Crippen MR) is 121 cm³/mol. The summed E-state index contributed by atoms with van der Waals surface area (Å²) in [6, 6.07) is 10.4. The van der Waals surface area contributed by atoms with Crippen molar-refractivity contribution in [2.45, 2.75) is 62.9 Å². The number of thioether (sulfide) groups is 1. The second kappa shape index (κ2) is 7.95. The van der Waals surface area contributed by atoms with Gasteiger partial charge in [0.05, 0.1) is 4.88 Å². The minimum atomic E-state index is -0.449. The number of hydrogen-bond donors (Lipinski definition) is 1. The molecule has 1 fully saturated rings. The Labute approximate surface area is 179 Å². The molecule has 4 rings (SSSR count). The van der Waals surface area contributed by atoms with Gasteiger partial charge in [0.25, 0.3) is 0 Å². The van der Waals surface area contributed by atoms with Crippen molar-refractivity contribution in [3.8, 4) is 10.7 Å². The molecule has 0 spiro atoms. The number of hydrogen-bond acceptors (Lipinski definition) is 5. The third kappa shape index (κ3) is 3.98. The van der Waals surface area contributed by atoms with E-state index in [1.807, 2.05) is 17.5 Å². The van der Waals surface area contributed by atoms with Crippen LogP contribution in [-0.4, -0.2) is 25.4 Å². The van der Waals surface area contributed by atoms with E-state index in [2.05, 4.69) is 66.0 Å². The van der Waals surface area contributed by atoms with Gasteiger partial charge in [-0.2, -0.15) is 0 Å². The normalized spacial score (nSPS) is 14.9. The molecular weight excluding hydrogens is 400 g/mol. The lowest BCUT2D eigenvalue weighted by molar-refractivity contribution is -0.116. The SMILES string of the molecule is CCn1c(SC2(C(=O)Nc3ccc(C(C)C)cc3C)CC2)nnc1-c1cccs1. The van der Waals surface area contributed by atoms with Crippen molar-refractivity contribution in [2.24, 2.45) is 0 Å². The predicted octanol–water partition coefficient (Wildman–Crippen LogP) is 5.72. The van der Waals surface area contributed by atoms with Crippen LogP contribution in [0.1, 0.15) is 50.7 Å². The number of carbonyl (C=O) groups excluding carboxylic acids is 1. The van der Waals surface area contributed by atoms with Gasteiger partial charge >= 0.3 is 0 Å². The average molecular weight is 427 g/mol. The minimum Gasteiger partial charge on any atom is -0.325 e. The van der Waals surface area contributed by atoms with Crippen LogP contribution >= 0.6 is 23.1 Å². The monoisotopic (exact) mass is 426 g/mol. The Morgan fingerprint density at radius 3 is 2.69 bits per heavy atom. The maximum Gasteiger partial charge on any atom is 0.241 e. The molecule has 0 aliphatic heterocycles. The highest BCUT2D eigenvalue weighted by Crippen LogP contribution is 2.52. The van der Waals surface area contributed by atoms with E-state index in [1.165, 1.54) is 5.56 Å². The largest absolute Gasteiger partial charge is 0.325 e. The first-order valence-electron chi connectivity index (χ1n) is 10.0. The molecule has 1 N–H and O–H groups in total. The number of anilines is 1. The Balaban J connectivity index is 1.52. The van der Waals surface area contributed by atoms with Crippen LogP contribution in [0.25, 0.3) is 10.7 Å². The first kappa shape index (κ1) is 20.2. The summed E-state index contributed by atoms with van der Waals surface area (Å²) in [5.74, 6) is 1.41. The molecule has 1 aliphatic rings. The van der Waals surface area contributed by atoms with E-state index < -0.39 is 4.75 Å². The average Bonchev–Trinajstić information content (AvgIpc) is 3.11. The van der Waals surface area contributed by atoms with Gasteiger partial charge in [-0.1, -0.05) is 43.8 Å². The maximum absolute atomic E-state index is 13.1. The highest BCUT2D eigenvalue weighted by molar-refractivity contribution is 8.01. The van der Waals surface area contributed by atoms with E-state index in [9.17, 15) is 4.79 Å². The van der Waals surface area contributed by atoms with Gasteiger partial charge in [-0.05, 0) is 61.2 Å². The molecule has 5 nitrogen and oxygen atoms in total. The van der Waals surface area contributed by atoms with Crippen molar-refractivity contribution in [2.75, 3.05) is 5.32 Å². The Morgan fingerprint density at radius 1 is 1.31 bits per heavy atom. The van der Waals surface area contributed by atoms with Crippen LogP contribution in [0, 0.1) is 6.92 Å². The summed E-state index contributed by atoms with van der Waals surface area (Å²) in [4.78, 5) is 14.2. The van der Waals surface area contributed by atoms with E-state index in [1.54, 1.807) is 23.1 Å². The summed E-state index contributed by atoms with van der Waals surface area (Å²) in [6.45, 7) is 9.27. The second-order valence-corrected chi connectivity index (χ2v) is 10.1. The molecule has 0 radical (unpaired) electrons. The lowest BCUT2D eigenvalue weighted by Crippen LogP contribution is -2.27. The molecule has 0 unspecified atom stereocenters. The molecule has 3 aromatic rings. The zero-order valence-electron chi connectivity index (χ0n) is 17.2. The van der Waals surface area contributed by atoms with E-state index in [0.717, 1.165) is 46.5 Å². The summed E-state index contributed by atoms with van der Waals surface area (Å²) < 4.78 is 1.66. The van der Waals surface area contributed by atoms with Crippen LogP contribution in [0.2, 0.25) is 0 Å². The second-order valence-electron chi connectivity index (χ2n) is 7.81. The van der Waals surface area contributed by atoms with Crippen molar-refractivity contribution in [3.63, 3.8) is 0 Å². The standard InChI is InChI=1S/C22H26N4OS2/c1-5-26-19(18-7-6-12-28-18)24-25-21(26)29-22(10-11-22)20(27)23-17-9-8-16(14(2)3)13-15(17)4/h6-9,12-14H,5,10-11H2,1-4H3,(H,23,27). The molecule has 1 saturated carbocycles. The summed E-state index contributed by atoms with van der Waals surface area (Å²) in [5.41, 5.74) is 3.28. The highest BCUT2D eigenvalue weighted by Gasteiger charge is 2.52. The Kier molecular flexibility index (Phi) is 5.53. The van der Waals surface area contributed by atoms with E-state index in [0.29, 0.717) is 5.92 Å². The first-order chi connectivity index (χ1) is 13.9. The van der Waals surface area contributed by atoms with Crippen molar-refractivity contribution in [1.82, 2.24) is 14.8 Å². The van der Waals surface area contributed by atoms with Gasteiger partial charge in [0.2, 0.25) is 5.91 Å². The third-order valence-electron chi connectivity index (χ3n) is 5.34. The van der Waals surface area contributed by atoms with E-state index in [4.69, 9.17) is 0 Å². The van der Waals surface area contributed by atoms with Crippen LogP contribution in [0.15, 0.2) is 40.9 Å². The van der Waals surface area contributed by atoms with Crippen molar-refractivity contribution in [1.29, 1.82) is 0 Å². The van der Waals surface area contributed by atoms with Gasteiger partial charge in [-0.25, -0.2) is 0 Å². The number of thiophene rings is 1. The Morgan fingerprint density at radius 2 is 2.10 bits per heavy atom. The van der Waals surface area contributed by atoms with Crippen LogP contribution < -0.4 is 5.32 Å². The summed E-state index contributed by atoms with van der Waals surface area (Å²) in [7, 11) is 0. The molecule has 2 heterocycles. The summed E-state index contributed by atoms with van der Waals surface area (Å²) in [5, 5.41) is 14.8. The number of carbonyl (C=O) groups is 1. The molecule has 0 saturated heterocycles. The maximum atomic E-state index is 13.1. The molecule has 0 atom stereocenters. The lowest BCUT2D eigenvalue weighted by atomic mass is 10.0. The molecular formula is C22H26N4OS2. The zero-order valence-corrected chi connectivity index (χ0v) is 18.9. The first-order valence-corrected chi connectivity index (χ1v) is 11.7. The zero-order chi connectivity index (χ0) is 20.6. The third-order valence-corrected chi connectivity index (χ3v) is 7.68. The molecule has 1 aromatic carbocycles. The summed E-state index contributed by atoms with van der Waals surface area (Å²) >= 11 is 3.20. The van der Waals surface area contributed by atoms with Crippen LogP contribution in [0.5, 0.6) is 0 Å². The van der Waals surface area contributed by atoms with Crippen molar-refractivity contribution >= 4 is 34.7 Å². The molecule has 1 amide bonds. The van der Waals surface area contributed by atoms with Crippen LogP contribution in [0.4, 0.5) is 5.69 Å². The molecule has 1 aliphatic carbocycles. The minimum absolute atomic E-state index is 0.0613. The van der Waals surface area contributed by atoms with Gasteiger partial charge in [-0.15, -0.1) is 21.5 Å².